The second-order valence-electron chi connectivity index (χ2n) is 16.3. The Hall–Kier alpha value is -0.940. The second kappa shape index (κ2) is 12.1. The van der Waals surface area contributed by atoms with Gasteiger partial charge in [-0.1, -0.05) is 58.0 Å². The molecule has 2 saturated heterocycles. The molecule has 0 aromatic heterocycles. The van der Waals surface area contributed by atoms with Crippen LogP contribution in [0.5, 0.6) is 0 Å². The summed E-state index contributed by atoms with van der Waals surface area (Å²) in [5.41, 5.74) is 2.31. The normalized spacial score (nSPS) is 46.0. The van der Waals surface area contributed by atoms with Gasteiger partial charge in [-0.15, -0.1) is 0 Å². The zero-order valence-corrected chi connectivity index (χ0v) is 27.1. The van der Waals surface area contributed by atoms with E-state index in [1.165, 1.54) is 76.3 Å². The molecule has 0 N–H and O–H groups in total. The Kier molecular flexibility index (Phi) is 8.57. The molecule has 1 aromatic carbocycles. The number of hydrogen-bond acceptors (Lipinski definition) is 4. The third kappa shape index (κ3) is 5.43. The maximum absolute atomic E-state index is 7.03. The Balaban J connectivity index is 0.948. The van der Waals surface area contributed by atoms with Crippen LogP contribution in [0.15, 0.2) is 30.3 Å². The van der Waals surface area contributed by atoms with Crippen LogP contribution in [0.2, 0.25) is 0 Å². The van der Waals surface area contributed by atoms with Gasteiger partial charge in [-0.25, -0.2) is 0 Å². The lowest BCUT2D eigenvalue weighted by molar-refractivity contribution is -0.139. The molecule has 2 heterocycles. The molecule has 0 amide bonds. The molecule has 234 valence electrons. The Morgan fingerprint density at radius 3 is 2.55 bits per heavy atom. The summed E-state index contributed by atoms with van der Waals surface area (Å²) in [6, 6.07) is 10.8. The van der Waals surface area contributed by atoms with Gasteiger partial charge in [-0.3, -0.25) is 4.90 Å². The fourth-order valence-electron chi connectivity index (χ4n) is 11.9. The van der Waals surface area contributed by atoms with Gasteiger partial charge in [0.1, 0.15) is 0 Å². The lowest BCUT2D eigenvalue weighted by Crippen LogP contribution is -2.54. The van der Waals surface area contributed by atoms with E-state index in [-0.39, 0.29) is 0 Å². The van der Waals surface area contributed by atoms with E-state index in [1.54, 1.807) is 0 Å². The fourth-order valence-corrected chi connectivity index (χ4v) is 11.9. The zero-order chi connectivity index (χ0) is 28.9. The molecule has 0 radical (unpaired) electrons. The van der Waals surface area contributed by atoms with Crippen LogP contribution in [0, 0.1) is 52.3 Å². The molecule has 6 aliphatic rings. The minimum absolute atomic E-state index is 0.447. The van der Waals surface area contributed by atoms with E-state index in [9.17, 15) is 0 Å². The lowest BCUT2D eigenvalue weighted by atomic mass is 9.44. The smallest absolute Gasteiger partial charge is 0.0720 e. The molecule has 2 aliphatic heterocycles. The highest BCUT2D eigenvalue weighted by molar-refractivity contribution is 5.15. The van der Waals surface area contributed by atoms with Crippen LogP contribution in [0.25, 0.3) is 0 Å². The molecule has 4 saturated carbocycles. The van der Waals surface area contributed by atoms with Crippen molar-refractivity contribution in [1.82, 2.24) is 4.90 Å². The minimum atomic E-state index is 0.447. The van der Waals surface area contributed by atoms with Crippen LogP contribution in [0.3, 0.4) is 0 Å². The van der Waals surface area contributed by atoms with Gasteiger partial charge in [0.15, 0.2) is 0 Å². The average Bonchev–Trinajstić information content (AvgIpc) is 3.48. The zero-order valence-electron chi connectivity index (χ0n) is 27.1. The predicted octanol–water partition coefficient (Wildman–Crippen LogP) is 7.99. The summed E-state index contributed by atoms with van der Waals surface area (Å²) in [7, 11) is 0. The lowest BCUT2D eigenvalue weighted by Gasteiger charge is -2.61. The Labute approximate surface area is 256 Å². The van der Waals surface area contributed by atoms with Gasteiger partial charge in [0, 0.05) is 19.6 Å². The molecular formula is C38H59NO3. The second-order valence-corrected chi connectivity index (χ2v) is 16.3. The van der Waals surface area contributed by atoms with E-state index in [0.29, 0.717) is 35.1 Å². The van der Waals surface area contributed by atoms with Crippen molar-refractivity contribution in [2.24, 2.45) is 52.3 Å². The Morgan fingerprint density at radius 1 is 0.952 bits per heavy atom. The summed E-state index contributed by atoms with van der Waals surface area (Å²) in [6.45, 7) is 16.5. The van der Waals surface area contributed by atoms with Crippen molar-refractivity contribution in [3.63, 3.8) is 0 Å². The number of rotatable bonds is 8. The number of fused-ring (bicyclic) bond motifs is 7. The first kappa shape index (κ1) is 29.8. The largest absolute Gasteiger partial charge is 0.379 e. The van der Waals surface area contributed by atoms with E-state index in [1.807, 2.05) is 0 Å². The van der Waals surface area contributed by atoms with Gasteiger partial charge >= 0.3 is 0 Å². The molecule has 4 heteroatoms. The monoisotopic (exact) mass is 577 g/mol. The quantitative estimate of drug-likeness (QED) is 0.313. The maximum Gasteiger partial charge on any atom is 0.0720 e. The van der Waals surface area contributed by atoms with Crippen LogP contribution in [0.4, 0.5) is 0 Å². The first-order valence-electron chi connectivity index (χ1n) is 18.0. The van der Waals surface area contributed by atoms with E-state index in [2.05, 4.69) is 62.9 Å². The summed E-state index contributed by atoms with van der Waals surface area (Å²) < 4.78 is 19.1. The predicted molar refractivity (Wildman–Crippen MR) is 169 cm³/mol. The van der Waals surface area contributed by atoms with Gasteiger partial charge < -0.3 is 14.2 Å². The van der Waals surface area contributed by atoms with E-state index in [4.69, 9.17) is 14.2 Å². The van der Waals surface area contributed by atoms with Crippen LogP contribution in [-0.4, -0.2) is 56.1 Å². The first-order chi connectivity index (χ1) is 20.3. The minimum Gasteiger partial charge on any atom is -0.379 e. The first-order valence-corrected chi connectivity index (χ1v) is 18.0. The SMILES string of the molecule is C[C@@H](CC[C@H]1O[C@H]2C[C@H]3[C@@H]4CC[C@@H]5C[C@@H](OCc6ccccc6)CC[C@]5(C)[C@H]4CC[C@]3(C)[C@H]2[C@@H]1C)CN1CCOCC1. The van der Waals surface area contributed by atoms with Crippen molar-refractivity contribution in [2.45, 2.75) is 117 Å². The van der Waals surface area contributed by atoms with E-state index in [0.717, 1.165) is 68.4 Å². The van der Waals surface area contributed by atoms with Crippen molar-refractivity contribution < 1.29 is 14.2 Å². The summed E-state index contributed by atoms with van der Waals surface area (Å²) in [5, 5.41) is 0. The highest BCUT2D eigenvalue weighted by atomic mass is 16.5. The molecule has 6 fully saturated rings. The number of benzene rings is 1. The van der Waals surface area contributed by atoms with Crippen molar-refractivity contribution >= 4 is 0 Å². The van der Waals surface area contributed by atoms with Crippen LogP contribution in [0.1, 0.15) is 97.5 Å². The van der Waals surface area contributed by atoms with Gasteiger partial charge in [0.25, 0.3) is 0 Å². The summed E-state index contributed by atoms with van der Waals surface area (Å²) in [6.07, 6.45) is 15.0. The summed E-state index contributed by atoms with van der Waals surface area (Å²) in [4.78, 5) is 2.60. The molecule has 1 aromatic rings. The Bertz CT molecular complexity index is 1040. The molecule has 4 aliphatic carbocycles. The van der Waals surface area contributed by atoms with E-state index < -0.39 is 0 Å². The van der Waals surface area contributed by atoms with Gasteiger partial charge in [-0.05, 0) is 122 Å². The van der Waals surface area contributed by atoms with Crippen molar-refractivity contribution in [1.29, 1.82) is 0 Å². The van der Waals surface area contributed by atoms with Crippen LogP contribution < -0.4 is 0 Å². The van der Waals surface area contributed by atoms with Crippen LogP contribution in [-0.2, 0) is 20.8 Å². The molecule has 0 unspecified atom stereocenters. The van der Waals surface area contributed by atoms with Crippen molar-refractivity contribution in [3.05, 3.63) is 35.9 Å². The highest BCUT2D eigenvalue weighted by Gasteiger charge is 2.65. The number of hydrogen-bond donors (Lipinski definition) is 0. The molecule has 0 bridgehead atoms. The standard InChI is InChI=1S/C38H59NO3/c1-26(24-39-18-20-40-21-19-39)10-13-34-27(2)36-35(42-34)23-33-31-12-11-29-22-30(41-25-28-8-6-5-7-9-28)14-16-37(29,3)32(31)15-17-38(33,36)4/h5-9,26-27,29-36H,10-25H2,1-4H3/t26-,27+,29+,30-,31+,32-,33-,34+,35-,36-,37-,38-/m0/s1. The maximum atomic E-state index is 7.03. The fraction of sp³-hybridized carbons (Fsp3) is 0.842. The number of morpholine rings is 1. The van der Waals surface area contributed by atoms with Crippen LogP contribution >= 0.6 is 0 Å². The molecule has 0 spiro atoms. The Morgan fingerprint density at radius 2 is 1.74 bits per heavy atom. The molecule has 12 atom stereocenters. The van der Waals surface area contributed by atoms with Gasteiger partial charge in [-0.2, -0.15) is 0 Å². The molecule has 7 rings (SSSR count). The third-order valence-corrected chi connectivity index (χ3v) is 14.2. The topological polar surface area (TPSA) is 30.9 Å². The summed E-state index contributed by atoms with van der Waals surface area (Å²) >= 11 is 0. The third-order valence-electron chi connectivity index (χ3n) is 14.2. The summed E-state index contributed by atoms with van der Waals surface area (Å²) in [5.74, 6) is 5.78. The van der Waals surface area contributed by atoms with Gasteiger partial charge in [0.05, 0.1) is 38.1 Å². The highest BCUT2D eigenvalue weighted by Crippen LogP contribution is 2.70. The molecular weight excluding hydrogens is 518 g/mol. The molecule has 4 nitrogen and oxygen atoms in total. The van der Waals surface area contributed by atoms with Gasteiger partial charge in [0.2, 0.25) is 0 Å². The van der Waals surface area contributed by atoms with Crippen molar-refractivity contribution in [2.75, 3.05) is 32.8 Å². The van der Waals surface area contributed by atoms with Crippen molar-refractivity contribution in [3.8, 4) is 0 Å². The number of ether oxygens (including phenoxy) is 3. The number of nitrogens with zero attached hydrogens (tertiary/aromatic N) is 1. The average molecular weight is 578 g/mol. The van der Waals surface area contributed by atoms with E-state index >= 15 is 0 Å². The molecule has 42 heavy (non-hydrogen) atoms.